The van der Waals surface area contributed by atoms with E-state index < -0.39 is 15.4 Å². The summed E-state index contributed by atoms with van der Waals surface area (Å²) in [5.74, 6) is 0.187. The van der Waals surface area contributed by atoms with Gasteiger partial charge < -0.3 is 10.2 Å². The van der Waals surface area contributed by atoms with Gasteiger partial charge >= 0.3 is 0 Å². The van der Waals surface area contributed by atoms with Gasteiger partial charge in [0, 0.05) is 24.5 Å². The molecule has 0 aliphatic carbocycles. The number of hydrogen-bond donors (Lipinski definition) is 1. The van der Waals surface area contributed by atoms with Crippen LogP contribution in [0.15, 0.2) is 47.4 Å². The number of hydrogen-bond acceptors (Lipinski definition) is 4. The lowest BCUT2D eigenvalue weighted by Gasteiger charge is -2.30. The van der Waals surface area contributed by atoms with Crippen LogP contribution in [0.1, 0.15) is 64.5 Å². The summed E-state index contributed by atoms with van der Waals surface area (Å²) in [5, 5.41) is 2.86. The van der Waals surface area contributed by atoms with E-state index in [-0.39, 0.29) is 23.3 Å². The van der Waals surface area contributed by atoms with E-state index in [1.54, 1.807) is 36.4 Å². The minimum absolute atomic E-state index is 0.142. The Balaban J connectivity index is 1.56. The Morgan fingerprint density at radius 2 is 1.83 bits per heavy atom. The topological polar surface area (TPSA) is 86.8 Å². The lowest BCUT2D eigenvalue weighted by atomic mass is 9.86. The molecule has 1 saturated heterocycles. The van der Waals surface area contributed by atoms with Gasteiger partial charge in [-0.2, -0.15) is 4.31 Å². The molecule has 2 aliphatic rings. The van der Waals surface area contributed by atoms with Gasteiger partial charge in [0.1, 0.15) is 6.54 Å². The van der Waals surface area contributed by atoms with Crippen LogP contribution in [-0.2, 0) is 25.0 Å². The zero-order valence-corrected chi connectivity index (χ0v) is 22.0. The zero-order valence-electron chi connectivity index (χ0n) is 21.2. The average molecular weight is 498 g/mol. The first-order valence-corrected chi connectivity index (χ1v) is 13.7. The summed E-state index contributed by atoms with van der Waals surface area (Å²) < 4.78 is 28.2. The van der Waals surface area contributed by atoms with Gasteiger partial charge in [-0.25, -0.2) is 8.42 Å². The summed E-state index contributed by atoms with van der Waals surface area (Å²) in [6.45, 7) is 10.7. The Kier molecular flexibility index (Phi) is 6.81. The van der Waals surface area contributed by atoms with Crippen molar-refractivity contribution in [2.45, 2.75) is 63.7 Å². The summed E-state index contributed by atoms with van der Waals surface area (Å²) in [6, 6.07) is 12.5. The van der Waals surface area contributed by atoms with Gasteiger partial charge in [-0.1, -0.05) is 32.9 Å². The van der Waals surface area contributed by atoms with E-state index >= 15 is 0 Å². The smallest absolute Gasteiger partial charge is 0.244 e. The standard InChI is InChI=1S/C27H35N3O4S/c1-18(2)20-8-10-21(11-9-20)28-25(31)17-30-24-13-12-22(15-23(24)27(4,5)26(30)32)35(33,34)29-14-6-7-19(3)16-29/h8-13,15,18-19H,6-7,14,16-17H2,1-5H3,(H,28,31). The monoisotopic (exact) mass is 497 g/mol. The Bertz CT molecular complexity index is 1240. The summed E-state index contributed by atoms with van der Waals surface area (Å²) >= 11 is 0. The number of benzene rings is 2. The predicted molar refractivity (Wildman–Crippen MR) is 138 cm³/mol. The Labute approximate surface area is 208 Å². The van der Waals surface area contributed by atoms with E-state index in [1.165, 1.54) is 10.5 Å². The van der Waals surface area contributed by atoms with E-state index in [2.05, 4.69) is 26.1 Å². The number of amides is 2. The number of sulfonamides is 1. The maximum absolute atomic E-state index is 13.3. The maximum Gasteiger partial charge on any atom is 0.244 e. The van der Waals surface area contributed by atoms with Crippen molar-refractivity contribution in [1.82, 2.24) is 4.31 Å². The van der Waals surface area contributed by atoms with Crippen LogP contribution in [0, 0.1) is 5.92 Å². The number of anilines is 2. The van der Waals surface area contributed by atoms with Crippen LogP contribution in [-0.4, -0.2) is 44.2 Å². The predicted octanol–water partition coefficient (Wildman–Crippen LogP) is 4.49. The summed E-state index contributed by atoms with van der Waals surface area (Å²) in [5.41, 5.74) is 2.12. The molecule has 2 aromatic rings. The van der Waals surface area contributed by atoms with Crippen LogP contribution in [0.4, 0.5) is 11.4 Å². The molecule has 2 heterocycles. The molecule has 0 aromatic heterocycles. The van der Waals surface area contributed by atoms with Gasteiger partial charge in [-0.05, 0) is 80.0 Å². The first-order valence-electron chi connectivity index (χ1n) is 12.3. The highest BCUT2D eigenvalue weighted by atomic mass is 32.2. The molecule has 35 heavy (non-hydrogen) atoms. The molecule has 0 bridgehead atoms. The fourth-order valence-corrected chi connectivity index (χ4v) is 6.56. The van der Waals surface area contributed by atoms with Crippen LogP contribution in [0.5, 0.6) is 0 Å². The van der Waals surface area contributed by atoms with E-state index in [0.29, 0.717) is 41.9 Å². The molecule has 0 radical (unpaired) electrons. The molecule has 1 N–H and O–H groups in total. The average Bonchev–Trinajstić information content (AvgIpc) is 2.99. The third-order valence-electron chi connectivity index (χ3n) is 7.13. The van der Waals surface area contributed by atoms with Gasteiger partial charge in [-0.3, -0.25) is 9.59 Å². The molecule has 2 aliphatic heterocycles. The van der Waals surface area contributed by atoms with E-state index in [9.17, 15) is 18.0 Å². The van der Waals surface area contributed by atoms with E-state index in [4.69, 9.17) is 0 Å². The highest BCUT2D eigenvalue weighted by molar-refractivity contribution is 7.89. The molecule has 2 aromatic carbocycles. The summed E-state index contributed by atoms with van der Waals surface area (Å²) in [4.78, 5) is 27.7. The normalized spacial score (nSPS) is 20.2. The van der Waals surface area contributed by atoms with Crippen molar-refractivity contribution >= 4 is 33.2 Å². The van der Waals surface area contributed by atoms with Crippen LogP contribution in [0.3, 0.4) is 0 Å². The zero-order chi connectivity index (χ0) is 25.5. The first-order chi connectivity index (χ1) is 16.4. The summed E-state index contributed by atoms with van der Waals surface area (Å²) in [7, 11) is -3.65. The Morgan fingerprint density at radius 3 is 2.46 bits per heavy atom. The SMILES string of the molecule is CC1CCCN(S(=O)(=O)c2ccc3c(c2)C(C)(C)C(=O)N3CC(=O)Nc2ccc(C(C)C)cc2)C1. The van der Waals surface area contributed by atoms with Crippen molar-refractivity contribution in [3.63, 3.8) is 0 Å². The molecule has 1 atom stereocenters. The fourth-order valence-electron chi connectivity index (χ4n) is 4.94. The molecular formula is C27H35N3O4S. The molecule has 4 rings (SSSR count). The van der Waals surface area contributed by atoms with Crippen molar-refractivity contribution in [2.75, 3.05) is 29.9 Å². The third kappa shape index (κ3) is 4.86. The Morgan fingerprint density at radius 1 is 1.14 bits per heavy atom. The molecule has 1 unspecified atom stereocenters. The lowest BCUT2D eigenvalue weighted by Crippen LogP contribution is -2.40. The molecule has 0 spiro atoms. The highest BCUT2D eigenvalue weighted by Gasteiger charge is 2.45. The fraction of sp³-hybridized carbons (Fsp3) is 0.481. The highest BCUT2D eigenvalue weighted by Crippen LogP contribution is 2.43. The number of nitrogens with one attached hydrogen (secondary N) is 1. The summed E-state index contributed by atoms with van der Waals surface area (Å²) in [6.07, 6.45) is 1.87. The number of nitrogens with zero attached hydrogens (tertiary/aromatic N) is 2. The first kappa shape index (κ1) is 25.4. The van der Waals surface area contributed by atoms with Crippen LogP contribution < -0.4 is 10.2 Å². The van der Waals surface area contributed by atoms with Gasteiger partial charge in [-0.15, -0.1) is 0 Å². The van der Waals surface area contributed by atoms with Gasteiger partial charge in [0.05, 0.1) is 10.3 Å². The molecule has 2 amide bonds. The van der Waals surface area contributed by atoms with Gasteiger partial charge in [0.25, 0.3) is 0 Å². The van der Waals surface area contributed by atoms with E-state index in [1.807, 2.05) is 24.3 Å². The minimum Gasteiger partial charge on any atom is -0.325 e. The van der Waals surface area contributed by atoms with Crippen molar-refractivity contribution in [3.8, 4) is 0 Å². The molecule has 188 valence electrons. The van der Waals surface area contributed by atoms with Crippen LogP contribution >= 0.6 is 0 Å². The van der Waals surface area contributed by atoms with Crippen LogP contribution in [0.2, 0.25) is 0 Å². The quantitative estimate of drug-likeness (QED) is 0.637. The lowest BCUT2D eigenvalue weighted by molar-refractivity contribution is -0.124. The van der Waals surface area contributed by atoms with Crippen molar-refractivity contribution in [1.29, 1.82) is 0 Å². The second-order valence-corrected chi connectivity index (χ2v) is 12.6. The van der Waals surface area contributed by atoms with Gasteiger partial charge in [0.15, 0.2) is 0 Å². The van der Waals surface area contributed by atoms with E-state index in [0.717, 1.165) is 12.8 Å². The number of piperidine rings is 1. The second-order valence-electron chi connectivity index (χ2n) is 10.6. The van der Waals surface area contributed by atoms with Gasteiger partial charge in [0.2, 0.25) is 21.8 Å². The molecule has 7 nitrogen and oxygen atoms in total. The molecular weight excluding hydrogens is 462 g/mol. The number of rotatable bonds is 6. The largest absolute Gasteiger partial charge is 0.325 e. The Hall–Kier alpha value is -2.71. The van der Waals surface area contributed by atoms with Crippen molar-refractivity contribution in [3.05, 3.63) is 53.6 Å². The molecule has 8 heteroatoms. The van der Waals surface area contributed by atoms with Crippen molar-refractivity contribution < 1.29 is 18.0 Å². The number of carbonyl (C=O) groups is 2. The number of carbonyl (C=O) groups excluding carboxylic acids is 2. The third-order valence-corrected chi connectivity index (χ3v) is 8.99. The van der Waals surface area contributed by atoms with Crippen molar-refractivity contribution in [2.24, 2.45) is 5.92 Å². The second kappa shape index (κ2) is 9.39. The maximum atomic E-state index is 13.3. The minimum atomic E-state index is -3.65. The molecule has 1 fully saturated rings. The molecule has 0 saturated carbocycles. The van der Waals surface area contributed by atoms with Crippen LogP contribution in [0.25, 0.3) is 0 Å². The number of fused-ring (bicyclic) bond motifs is 1.